The molecule has 0 fully saturated rings. The maximum Gasteiger partial charge on any atom is 0.255 e. The second-order valence-electron chi connectivity index (χ2n) is 4.36. The van der Waals surface area contributed by atoms with Crippen LogP contribution in [0.2, 0.25) is 0 Å². The highest BCUT2D eigenvalue weighted by molar-refractivity contribution is 7.09. The monoisotopic (exact) mass is 308 g/mol. The number of hydrogen-bond acceptors (Lipinski definition) is 5. The maximum atomic E-state index is 14.2. The Labute approximate surface area is 126 Å². The van der Waals surface area contributed by atoms with Gasteiger partial charge in [0.25, 0.3) is 5.91 Å². The largest absolute Gasteiger partial charge is 0.368 e. The van der Waals surface area contributed by atoms with Crippen molar-refractivity contribution in [3.05, 3.63) is 40.2 Å². The molecule has 2 aromatic rings. The van der Waals surface area contributed by atoms with Crippen molar-refractivity contribution in [3.63, 3.8) is 0 Å². The minimum Gasteiger partial charge on any atom is -0.368 e. The molecule has 0 saturated heterocycles. The first-order valence-corrected chi connectivity index (χ1v) is 7.63. The Morgan fingerprint density at radius 1 is 1.38 bits per heavy atom. The highest BCUT2D eigenvalue weighted by Gasteiger charge is 2.20. The van der Waals surface area contributed by atoms with Gasteiger partial charge in [-0.05, 0) is 19.4 Å². The number of pyridine rings is 1. The summed E-state index contributed by atoms with van der Waals surface area (Å²) in [6.45, 7) is 4.31. The van der Waals surface area contributed by atoms with Crippen LogP contribution in [0.25, 0.3) is 0 Å². The molecule has 0 aliphatic rings. The third-order valence-corrected chi connectivity index (χ3v) is 3.83. The number of anilines is 1. The molecule has 2 rings (SSSR count). The molecule has 1 amide bonds. The molecule has 0 aromatic carbocycles. The van der Waals surface area contributed by atoms with Gasteiger partial charge in [-0.1, -0.05) is 6.92 Å². The summed E-state index contributed by atoms with van der Waals surface area (Å²) in [6.07, 6.45) is 3.79. The Morgan fingerprint density at radius 2 is 2.19 bits per heavy atom. The van der Waals surface area contributed by atoms with Crippen LogP contribution in [0.3, 0.4) is 0 Å². The van der Waals surface area contributed by atoms with Crippen molar-refractivity contribution in [2.75, 3.05) is 11.9 Å². The maximum absolute atomic E-state index is 14.2. The first-order valence-electron chi connectivity index (χ1n) is 6.76. The Morgan fingerprint density at radius 3 is 2.81 bits per heavy atom. The van der Waals surface area contributed by atoms with E-state index in [2.05, 4.69) is 20.6 Å². The fourth-order valence-electron chi connectivity index (χ4n) is 1.89. The summed E-state index contributed by atoms with van der Waals surface area (Å²) in [7, 11) is 0. The smallest absolute Gasteiger partial charge is 0.255 e. The second-order valence-corrected chi connectivity index (χ2v) is 5.28. The van der Waals surface area contributed by atoms with E-state index in [1.165, 1.54) is 23.6 Å². The molecule has 0 saturated carbocycles. The molecule has 2 aromatic heterocycles. The van der Waals surface area contributed by atoms with Crippen molar-refractivity contribution < 1.29 is 9.18 Å². The quantitative estimate of drug-likeness (QED) is 0.861. The number of amides is 1. The molecule has 2 heterocycles. The molecule has 0 radical (unpaired) electrons. The van der Waals surface area contributed by atoms with Crippen LogP contribution in [0.5, 0.6) is 0 Å². The highest BCUT2D eigenvalue weighted by Crippen LogP contribution is 2.21. The average molecular weight is 308 g/mol. The van der Waals surface area contributed by atoms with Gasteiger partial charge in [-0.25, -0.2) is 14.4 Å². The Kier molecular flexibility index (Phi) is 5.21. The number of rotatable bonds is 6. The molecule has 7 heteroatoms. The summed E-state index contributed by atoms with van der Waals surface area (Å²) in [6, 6.07) is 1.16. The Bertz CT molecular complexity index is 603. The number of thiazole rings is 1. The van der Waals surface area contributed by atoms with Gasteiger partial charge in [0.05, 0.1) is 11.6 Å². The predicted octanol–water partition coefficient (Wildman–Crippen LogP) is 2.99. The SMILES string of the molecule is CCNc1nccc(C(=O)NC(CC)c2nccs2)c1F. The summed E-state index contributed by atoms with van der Waals surface area (Å²) in [5.41, 5.74) is -0.0176. The highest BCUT2D eigenvalue weighted by atomic mass is 32.1. The number of nitrogens with one attached hydrogen (secondary N) is 2. The van der Waals surface area contributed by atoms with E-state index >= 15 is 0 Å². The molecular weight excluding hydrogens is 291 g/mol. The normalized spacial score (nSPS) is 12.0. The van der Waals surface area contributed by atoms with E-state index in [1.54, 1.807) is 6.20 Å². The summed E-state index contributed by atoms with van der Waals surface area (Å²) in [5, 5.41) is 8.26. The lowest BCUT2D eigenvalue weighted by atomic mass is 10.2. The molecule has 1 atom stereocenters. The van der Waals surface area contributed by atoms with Crippen LogP contribution in [0.4, 0.5) is 10.2 Å². The molecule has 0 bridgehead atoms. The lowest BCUT2D eigenvalue weighted by molar-refractivity contribution is 0.0931. The fourth-order valence-corrected chi connectivity index (χ4v) is 2.66. The van der Waals surface area contributed by atoms with Crippen molar-refractivity contribution in [2.24, 2.45) is 0 Å². The van der Waals surface area contributed by atoms with E-state index < -0.39 is 11.7 Å². The van der Waals surface area contributed by atoms with Crippen LogP contribution in [0.1, 0.15) is 41.7 Å². The lowest BCUT2D eigenvalue weighted by Crippen LogP contribution is -2.29. The van der Waals surface area contributed by atoms with Crippen molar-refractivity contribution in [1.29, 1.82) is 0 Å². The van der Waals surface area contributed by atoms with Gasteiger partial charge in [-0.3, -0.25) is 4.79 Å². The van der Waals surface area contributed by atoms with Gasteiger partial charge in [-0.2, -0.15) is 0 Å². The van der Waals surface area contributed by atoms with Crippen LogP contribution in [-0.4, -0.2) is 22.4 Å². The Hall–Kier alpha value is -2.02. The summed E-state index contributed by atoms with van der Waals surface area (Å²) >= 11 is 1.46. The zero-order valence-electron chi connectivity index (χ0n) is 11.9. The van der Waals surface area contributed by atoms with E-state index in [1.807, 2.05) is 19.2 Å². The van der Waals surface area contributed by atoms with E-state index in [0.717, 1.165) is 5.01 Å². The number of carbonyl (C=O) groups is 1. The van der Waals surface area contributed by atoms with Gasteiger partial charge >= 0.3 is 0 Å². The van der Waals surface area contributed by atoms with Crippen LogP contribution in [-0.2, 0) is 0 Å². The molecule has 0 spiro atoms. The molecule has 2 N–H and O–H groups in total. The summed E-state index contributed by atoms with van der Waals surface area (Å²) in [4.78, 5) is 20.3. The minimum absolute atomic E-state index is 0.0176. The number of carbonyl (C=O) groups excluding carboxylic acids is 1. The molecular formula is C14H17FN4OS. The summed E-state index contributed by atoms with van der Waals surface area (Å²) < 4.78 is 14.2. The molecule has 5 nitrogen and oxygen atoms in total. The zero-order valence-corrected chi connectivity index (χ0v) is 12.7. The van der Waals surface area contributed by atoms with Crippen molar-refractivity contribution in [3.8, 4) is 0 Å². The predicted molar refractivity (Wildman–Crippen MR) is 81.0 cm³/mol. The van der Waals surface area contributed by atoms with Gasteiger partial charge in [0.1, 0.15) is 5.01 Å². The molecule has 1 unspecified atom stereocenters. The summed E-state index contributed by atoms with van der Waals surface area (Å²) in [5.74, 6) is -1.01. The van der Waals surface area contributed by atoms with Gasteiger partial charge in [0, 0.05) is 24.3 Å². The van der Waals surface area contributed by atoms with E-state index in [4.69, 9.17) is 0 Å². The lowest BCUT2D eigenvalue weighted by Gasteiger charge is -2.15. The Balaban J connectivity index is 2.18. The second kappa shape index (κ2) is 7.12. The van der Waals surface area contributed by atoms with Crippen molar-refractivity contribution >= 4 is 23.1 Å². The van der Waals surface area contributed by atoms with Crippen LogP contribution < -0.4 is 10.6 Å². The van der Waals surface area contributed by atoms with Crippen LogP contribution in [0, 0.1) is 5.82 Å². The average Bonchev–Trinajstić information content (AvgIpc) is 3.01. The number of aromatic nitrogens is 2. The van der Waals surface area contributed by atoms with Gasteiger partial charge in [0.2, 0.25) is 0 Å². The first kappa shape index (κ1) is 15.4. The number of hydrogen-bond donors (Lipinski definition) is 2. The van der Waals surface area contributed by atoms with Crippen LogP contribution >= 0.6 is 11.3 Å². The van der Waals surface area contributed by atoms with Crippen molar-refractivity contribution in [1.82, 2.24) is 15.3 Å². The van der Waals surface area contributed by atoms with E-state index in [9.17, 15) is 9.18 Å². The minimum atomic E-state index is -0.633. The number of nitrogens with zero attached hydrogens (tertiary/aromatic N) is 2. The van der Waals surface area contributed by atoms with E-state index in [0.29, 0.717) is 13.0 Å². The third kappa shape index (κ3) is 3.55. The van der Waals surface area contributed by atoms with Crippen LogP contribution in [0.15, 0.2) is 23.8 Å². The van der Waals surface area contributed by atoms with E-state index in [-0.39, 0.29) is 17.4 Å². The molecule has 112 valence electrons. The molecule has 21 heavy (non-hydrogen) atoms. The van der Waals surface area contributed by atoms with Crippen molar-refractivity contribution in [2.45, 2.75) is 26.3 Å². The van der Waals surface area contributed by atoms with Gasteiger partial charge in [0.15, 0.2) is 11.6 Å². The number of halogens is 1. The zero-order chi connectivity index (χ0) is 15.2. The standard InChI is InChI=1S/C14H17FN4OS/c1-3-10(14-18-7-8-21-14)19-13(20)9-5-6-17-12(11(9)15)16-4-2/h5-8,10H,3-4H2,1-2H3,(H,16,17)(H,19,20). The molecule has 0 aliphatic carbocycles. The fraction of sp³-hybridized carbons (Fsp3) is 0.357. The topological polar surface area (TPSA) is 66.9 Å². The van der Waals surface area contributed by atoms with Gasteiger partial charge < -0.3 is 10.6 Å². The third-order valence-electron chi connectivity index (χ3n) is 2.94. The first-order chi connectivity index (χ1) is 10.2. The molecule has 0 aliphatic heterocycles. The van der Waals surface area contributed by atoms with Gasteiger partial charge in [-0.15, -0.1) is 11.3 Å².